The first-order valence-electron chi connectivity index (χ1n) is 7.09. The van der Waals surface area contributed by atoms with Crippen molar-refractivity contribution in [1.82, 2.24) is 14.9 Å². The van der Waals surface area contributed by atoms with Crippen molar-refractivity contribution in [2.45, 2.75) is 19.3 Å². The van der Waals surface area contributed by atoms with Crippen molar-refractivity contribution in [1.29, 1.82) is 0 Å². The summed E-state index contributed by atoms with van der Waals surface area (Å²) in [5.41, 5.74) is 0. The summed E-state index contributed by atoms with van der Waals surface area (Å²) in [4.78, 5) is 15.5. The molecule has 0 aromatic carbocycles. The lowest BCUT2D eigenvalue weighted by molar-refractivity contribution is 0.416. The molecule has 0 unspecified atom stereocenters. The van der Waals surface area contributed by atoms with Crippen LogP contribution >= 0.6 is 0 Å². The first-order valence-corrected chi connectivity index (χ1v) is 7.09. The minimum absolute atomic E-state index is 0.976. The Hall–Kier alpha value is -1.36. The fourth-order valence-electron chi connectivity index (χ4n) is 2.31. The molecule has 0 spiro atoms. The predicted molar refractivity (Wildman–Crippen MR) is 79.9 cm³/mol. The van der Waals surface area contributed by atoms with E-state index in [2.05, 4.69) is 51.9 Å². The van der Waals surface area contributed by atoms with Crippen LogP contribution in [-0.2, 0) is 0 Å². The Morgan fingerprint density at radius 1 is 1.05 bits per heavy atom. The molecule has 0 N–H and O–H groups in total. The van der Waals surface area contributed by atoms with Gasteiger partial charge in [0, 0.05) is 39.3 Å². The Morgan fingerprint density at radius 2 is 1.79 bits per heavy atom. The van der Waals surface area contributed by atoms with Gasteiger partial charge >= 0.3 is 0 Å². The zero-order chi connectivity index (χ0) is 13.7. The molecule has 1 aliphatic heterocycles. The highest BCUT2D eigenvalue weighted by atomic mass is 15.2. The van der Waals surface area contributed by atoms with Crippen LogP contribution in [0.25, 0.3) is 0 Å². The van der Waals surface area contributed by atoms with Crippen molar-refractivity contribution < 1.29 is 0 Å². The Bertz CT molecular complexity index is 387. The van der Waals surface area contributed by atoms with Gasteiger partial charge in [0.05, 0.1) is 0 Å². The minimum atomic E-state index is 0.976. The van der Waals surface area contributed by atoms with Crippen LogP contribution < -0.4 is 9.80 Å². The highest BCUT2D eigenvalue weighted by molar-refractivity contribution is 5.49. The number of hydrogen-bond donors (Lipinski definition) is 0. The highest BCUT2D eigenvalue weighted by Gasteiger charge is 2.13. The lowest BCUT2D eigenvalue weighted by atomic mass is 10.1. The number of anilines is 2. The summed E-state index contributed by atoms with van der Waals surface area (Å²) >= 11 is 0. The van der Waals surface area contributed by atoms with Crippen LogP contribution in [0.15, 0.2) is 12.4 Å². The minimum Gasteiger partial charge on any atom is -0.358 e. The molecule has 2 heterocycles. The summed E-state index contributed by atoms with van der Waals surface area (Å²) in [6.07, 6.45) is 5.58. The van der Waals surface area contributed by atoms with Gasteiger partial charge in [-0.1, -0.05) is 0 Å². The number of aromatic nitrogens is 2. The SMILES string of the molecule is CN(C)CCN(C)c1cc(N2CCCCC2)ncn1. The van der Waals surface area contributed by atoms with Crippen LogP contribution in [0.4, 0.5) is 11.6 Å². The van der Waals surface area contributed by atoms with Gasteiger partial charge < -0.3 is 14.7 Å². The smallest absolute Gasteiger partial charge is 0.134 e. The Morgan fingerprint density at radius 3 is 2.47 bits per heavy atom. The normalized spacial score (nSPS) is 15.9. The molecule has 0 bridgehead atoms. The predicted octanol–water partition coefficient (Wildman–Crippen LogP) is 1.46. The molecule has 1 aromatic heterocycles. The molecule has 1 aromatic rings. The molecular weight excluding hydrogens is 238 g/mol. The van der Waals surface area contributed by atoms with Crippen molar-refractivity contribution in [3.05, 3.63) is 12.4 Å². The first kappa shape index (κ1) is 14.1. The van der Waals surface area contributed by atoms with Gasteiger partial charge in [-0.3, -0.25) is 0 Å². The van der Waals surface area contributed by atoms with Crippen LogP contribution in [0.5, 0.6) is 0 Å². The van der Waals surface area contributed by atoms with Crippen molar-refractivity contribution in [3.8, 4) is 0 Å². The Kier molecular flexibility index (Phi) is 4.96. The lowest BCUT2D eigenvalue weighted by Gasteiger charge is -2.28. The summed E-state index contributed by atoms with van der Waals surface area (Å²) in [6, 6.07) is 2.11. The standard InChI is InChI=1S/C14H25N5/c1-17(2)9-10-18(3)13-11-14(16-12-15-13)19-7-5-4-6-8-19/h11-12H,4-10H2,1-3H3. The van der Waals surface area contributed by atoms with Gasteiger partial charge in [0.1, 0.15) is 18.0 Å². The molecule has 106 valence electrons. The molecule has 0 atom stereocenters. The number of nitrogens with zero attached hydrogens (tertiary/aromatic N) is 5. The summed E-state index contributed by atoms with van der Waals surface area (Å²) in [7, 11) is 6.27. The van der Waals surface area contributed by atoms with Crippen LogP contribution in [0.1, 0.15) is 19.3 Å². The second kappa shape index (κ2) is 6.70. The van der Waals surface area contributed by atoms with E-state index in [1.54, 1.807) is 6.33 Å². The molecule has 1 aliphatic rings. The zero-order valence-corrected chi connectivity index (χ0v) is 12.3. The van der Waals surface area contributed by atoms with E-state index in [0.717, 1.165) is 37.8 Å². The first-order chi connectivity index (χ1) is 9.16. The van der Waals surface area contributed by atoms with E-state index in [0.29, 0.717) is 0 Å². The van der Waals surface area contributed by atoms with Crippen molar-refractivity contribution in [2.24, 2.45) is 0 Å². The van der Waals surface area contributed by atoms with E-state index in [4.69, 9.17) is 0 Å². The summed E-state index contributed by atoms with van der Waals surface area (Å²) in [6.45, 7) is 4.25. The third-order valence-corrected chi connectivity index (χ3v) is 3.59. The molecule has 1 fully saturated rings. The molecule has 5 heteroatoms. The number of piperidine rings is 1. The second-order valence-corrected chi connectivity index (χ2v) is 5.51. The van der Waals surface area contributed by atoms with Crippen molar-refractivity contribution in [3.63, 3.8) is 0 Å². The topological polar surface area (TPSA) is 35.5 Å². The maximum atomic E-state index is 4.42. The molecule has 1 saturated heterocycles. The fourth-order valence-corrected chi connectivity index (χ4v) is 2.31. The average Bonchev–Trinajstić information content (AvgIpc) is 2.46. The average molecular weight is 263 g/mol. The van der Waals surface area contributed by atoms with E-state index in [9.17, 15) is 0 Å². The van der Waals surface area contributed by atoms with Gasteiger partial charge in [0.25, 0.3) is 0 Å². The van der Waals surface area contributed by atoms with Crippen LogP contribution in [0.3, 0.4) is 0 Å². The summed E-state index contributed by atoms with van der Waals surface area (Å²) in [5.74, 6) is 2.08. The summed E-state index contributed by atoms with van der Waals surface area (Å²) < 4.78 is 0. The molecule has 0 saturated carbocycles. The number of likely N-dealkylation sites (N-methyl/N-ethyl adjacent to an activating group) is 2. The molecule has 5 nitrogen and oxygen atoms in total. The van der Waals surface area contributed by atoms with Gasteiger partial charge in [-0.05, 0) is 33.4 Å². The maximum absolute atomic E-state index is 4.42. The van der Waals surface area contributed by atoms with Gasteiger partial charge in [0.15, 0.2) is 0 Å². The van der Waals surface area contributed by atoms with E-state index >= 15 is 0 Å². The van der Waals surface area contributed by atoms with Crippen LogP contribution in [0.2, 0.25) is 0 Å². The van der Waals surface area contributed by atoms with E-state index in [-0.39, 0.29) is 0 Å². The molecular formula is C14H25N5. The van der Waals surface area contributed by atoms with Gasteiger partial charge in [0.2, 0.25) is 0 Å². The summed E-state index contributed by atoms with van der Waals surface area (Å²) in [5, 5.41) is 0. The van der Waals surface area contributed by atoms with Crippen LogP contribution in [-0.4, -0.2) is 62.2 Å². The Balaban J connectivity index is 2.01. The van der Waals surface area contributed by atoms with Gasteiger partial charge in [-0.25, -0.2) is 9.97 Å². The molecule has 0 amide bonds. The van der Waals surface area contributed by atoms with Crippen LogP contribution in [0, 0.1) is 0 Å². The Labute approximate surface area is 116 Å². The monoisotopic (exact) mass is 263 g/mol. The third-order valence-electron chi connectivity index (χ3n) is 3.59. The molecule has 0 aliphatic carbocycles. The van der Waals surface area contributed by atoms with Crippen molar-refractivity contribution >= 4 is 11.6 Å². The molecule has 2 rings (SSSR count). The third kappa shape index (κ3) is 4.06. The second-order valence-electron chi connectivity index (χ2n) is 5.51. The van der Waals surface area contributed by atoms with Gasteiger partial charge in [-0.2, -0.15) is 0 Å². The van der Waals surface area contributed by atoms with Crippen molar-refractivity contribution in [2.75, 3.05) is 57.1 Å². The number of hydrogen-bond acceptors (Lipinski definition) is 5. The highest BCUT2D eigenvalue weighted by Crippen LogP contribution is 2.20. The largest absolute Gasteiger partial charge is 0.358 e. The quantitative estimate of drug-likeness (QED) is 0.804. The number of rotatable bonds is 5. The lowest BCUT2D eigenvalue weighted by Crippen LogP contribution is -2.31. The van der Waals surface area contributed by atoms with E-state index < -0.39 is 0 Å². The zero-order valence-electron chi connectivity index (χ0n) is 12.3. The maximum Gasteiger partial charge on any atom is 0.134 e. The molecule has 0 radical (unpaired) electrons. The van der Waals surface area contributed by atoms with E-state index in [1.165, 1.54) is 19.3 Å². The van der Waals surface area contributed by atoms with Gasteiger partial charge in [-0.15, -0.1) is 0 Å². The fraction of sp³-hybridized carbons (Fsp3) is 0.714. The molecule has 19 heavy (non-hydrogen) atoms. The van der Waals surface area contributed by atoms with E-state index in [1.807, 2.05) is 0 Å².